The largest absolute Gasteiger partial charge is 0.467 e. The predicted octanol–water partition coefficient (Wildman–Crippen LogP) is 6.07. The number of rotatable bonds is 10. The van der Waals surface area contributed by atoms with Gasteiger partial charge in [0.1, 0.15) is 17.2 Å². The molecule has 3 amide bonds. The second-order valence-electron chi connectivity index (χ2n) is 11.8. The Kier molecular flexibility index (Phi) is 11.9. The maximum atomic E-state index is 12.7. The molecule has 1 atom stereocenters. The van der Waals surface area contributed by atoms with E-state index in [2.05, 4.69) is 5.32 Å². The van der Waals surface area contributed by atoms with Crippen molar-refractivity contribution in [3.8, 4) is 11.1 Å². The molecule has 0 aliphatic rings. The molecule has 9 heteroatoms. The summed E-state index contributed by atoms with van der Waals surface area (Å²) in [5, 5.41) is 2.60. The van der Waals surface area contributed by atoms with Crippen LogP contribution in [0.4, 0.5) is 9.59 Å². The molecule has 0 saturated carbocycles. The summed E-state index contributed by atoms with van der Waals surface area (Å²) < 4.78 is 15.5. The lowest BCUT2D eigenvalue weighted by Crippen LogP contribution is -2.44. The normalized spacial score (nSPS) is 12.2. The van der Waals surface area contributed by atoms with Crippen molar-refractivity contribution in [1.82, 2.24) is 10.2 Å². The van der Waals surface area contributed by atoms with E-state index in [9.17, 15) is 19.2 Å². The Labute approximate surface area is 243 Å². The van der Waals surface area contributed by atoms with E-state index in [1.165, 1.54) is 7.11 Å². The topological polar surface area (TPSA) is 111 Å². The molecular formula is C32H44N2O7. The van der Waals surface area contributed by atoms with Crippen molar-refractivity contribution in [2.75, 3.05) is 13.7 Å². The van der Waals surface area contributed by atoms with E-state index < -0.39 is 35.4 Å². The van der Waals surface area contributed by atoms with E-state index >= 15 is 0 Å². The van der Waals surface area contributed by atoms with Crippen LogP contribution in [-0.2, 0) is 36.6 Å². The van der Waals surface area contributed by atoms with Gasteiger partial charge in [-0.15, -0.1) is 0 Å². The van der Waals surface area contributed by atoms with Crippen molar-refractivity contribution in [1.29, 1.82) is 0 Å². The molecule has 0 bridgehead atoms. The molecule has 2 aromatic carbocycles. The molecule has 9 nitrogen and oxygen atoms in total. The number of hydrogen-bond donors (Lipinski definition) is 1. The molecule has 2 aromatic rings. The monoisotopic (exact) mass is 568 g/mol. The van der Waals surface area contributed by atoms with Crippen molar-refractivity contribution >= 4 is 24.1 Å². The van der Waals surface area contributed by atoms with Gasteiger partial charge in [0.15, 0.2) is 0 Å². The van der Waals surface area contributed by atoms with Crippen molar-refractivity contribution < 1.29 is 33.4 Å². The first-order chi connectivity index (χ1) is 19.1. The fourth-order valence-electron chi connectivity index (χ4n) is 4.03. The molecule has 0 unspecified atom stereocenters. The summed E-state index contributed by atoms with van der Waals surface area (Å²) >= 11 is 0. The van der Waals surface area contributed by atoms with E-state index in [-0.39, 0.29) is 18.9 Å². The van der Waals surface area contributed by atoms with Crippen LogP contribution in [0.3, 0.4) is 0 Å². The van der Waals surface area contributed by atoms with E-state index in [0.717, 1.165) is 27.2 Å². The van der Waals surface area contributed by atoms with Crippen LogP contribution in [-0.4, -0.2) is 59.9 Å². The standard InChI is InChI=1S/C32H44N2O7/c1-9-34(30(38)41-32(5,6)7)27(35)20-16-23-11-10-12-25(21-23)24-17-13-22(14-18-24)15-19-26(28(36)39-8)33-29(37)40-31(2,3)4/h10-14,17-18,21,26H,9,15-16,19-20H2,1-8H3,(H,33,37)/t26-/m0/s1. The Bertz CT molecular complexity index is 1190. The van der Waals surface area contributed by atoms with Gasteiger partial charge in [-0.2, -0.15) is 0 Å². The predicted molar refractivity (Wildman–Crippen MR) is 157 cm³/mol. The van der Waals surface area contributed by atoms with Crippen molar-refractivity contribution in [2.24, 2.45) is 0 Å². The minimum Gasteiger partial charge on any atom is -0.467 e. The second-order valence-corrected chi connectivity index (χ2v) is 11.8. The summed E-state index contributed by atoms with van der Waals surface area (Å²) in [7, 11) is 1.28. The number of nitrogens with one attached hydrogen (secondary N) is 1. The molecule has 2 rings (SSSR count). The van der Waals surface area contributed by atoms with Crippen LogP contribution in [0.25, 0.3) is 11.1 Å². The zero-order chi connectivity index (χ0) is 30.8. The third-order valence-electron chi connectivity index (χ3n) is 5.97. The number of imide groups is 1. The Morgan fingerprint density at radius 1 is 0.829 bits per heavy atom. The molecule has 1 N–H and O–H groups in total. The average Bonchev–Trinajstić information content (AvgIpc) is 2.88. The van der Waals surface area contributed by atoms with Crippen molar-refractivity contribution in [3.05, 3.63) is 59.7 Å². The van der Waals surface area contributed by atoms with Crippen LogP contribution >= 0.6 is 0 Å². The number of ether oxygens (including phenoxy) is 3. The summed E-state index contributed by atoms with van der Waals surface area (Å²) in [5.74, 6) is -0.807. The number of methoxy groups -OCH3 is 1. The lowest BCUT2D eigenvalue weighted by atomic mass is 9.98. The molecule has 224 valence electrons. The van der Waals surface area contributed by atoms with E-state index in [4.69, 9.17) is 14.2 Å². The van der Waals surface area contributed by atoms with Gasteiger partial charge in [0.05, 0.1) is 7.11 Å². The Morgan fingerprint density at radius 3 is 2.02 bits per heavy atom. The summed E-state index contributed by atoms with van der Waals surface area (Å²) in [5.41, 5.74) is 2.63. The molecule has 0 heterocycles. The second kappa shape index (κ2) is 14.7. The van der Waals surface area contributed by atoms with Crippen molar-refractivity contribution in [3.63, 3.8) is 0 Å². The number of benzene rings is 2. The number of carbonyl (C=O) groups excluding carboxylic acids is 4. The number of amides is 3. The van der Waals surface area contributed by atoms with Crippen LogP contribution in [0.1, 0.15) is 72.4 Å². The number of nitrogens with zero attached hydrogens (tertiary/aromatic N) is 1. The number of aryl methyl sites for hydroxylation is 2. The maximum absolute atomic E-state index is 12.7. The number of carbonyl (C=O) groups is 4. The lowest BCUT2D eigenvalue weighted by Gasteiger charge is -2.25. The van der Waals surface area contributed by atoms with E-state index in [1.807, 2.05) is 48.5 Å². The van der Waals surface area contributed by atoms with Gasteiger partial charge in [-0.3, -0.25) is 4.79 Å². The molecule has 0 aliphatic carbocycles. The Hall–Kier alpha value is -3.88. The molecule has 41 heavy (non-hydrogen) atoms. The highest BCUT2D eigenvalue weighted by molar-refractivity contribution is 5.92. The fourth-order valence-corrected chi connectivity index (χ4v) is 4.03. The zero-order valence-electron chi connectivity index (χ0n) is 25.5. The molecule has 0 radical (unpaired) electrons. The van der Waals surface area contributed by atoms with Crippen molar-refractivity contribution in [2.45, 2.75) is 91.4 Å². The summed E-state index contributed by atoms with van der Waals surface area (Å²) in [4.78, 5) is 50.6. The minimum absolute atomic E-state index is 0.189. The van der Waals surface area contributed by atoms with E-state index in [0.29, 0.717) is 19.3 Å². The highest BCUT2D eigenvalue weighted by Gasteiger charge is 2.26. The lowest BCUT2D eigenvalue weighted by molar-refractivity contribution is -0.143. The third-order valence-corrected chi connectivity index (χ3v) is 5.97. The smallest absolute Gasteiger partial charge is 0.417 e. The third kappa shape index (κ3) is 11.6. The number of esters is 1. The summed E-state index contributed by atoms with van der Waals surface area (Å²) in [6.07, 6.45) is 0.281. The summed E-state index contributed by atoms with van der Waals surface area (Å²) in [6, 6.07) is 15.1. The van der Waals surface area contributed by atoms with Gasteiger partial charge in [0.2, 0.25) is 5.91 Å². The minimum atomic E-state index is -0.826. The number of hydrogen-bond acceptors (Lipinski definition) is 7. The highest BCUT2D eigenvalue weighted by atomic mass is 16.6. The van der Waals surface area contributed by atoms with Crippen LogP contribution in [0.2, 0.25) is 0 Å². The van der Waals surface area contributed by atoms with Gasteiger partial charge in [-0.25, -0.2) is 19.3 Å². The Balaban J connectivity index is 2.01. The van der Waals surface area contributed by atoms with Gasteiger partial charge >= 0.3 is 18.2 Å². The van der Waals surface area contributed by atoms with Gasteiger partial charge in [0, 0.05) is 13.0 Å². The van der Waals surface area contributed by atoms with Crippen LogP contribution in [0.15, 0.2) is 48.5 Å². The van der Waals surface area contributed by atoms with Crippen LogP contribution < -0.4 is 5.32 Å². The molecule has 0 aromatic heterocycles. The Morgan fingerprint density at radius 2 is 1.46 bits per heavy atom. The average molecular weight is 569 g/mol. The van der Waals surface area contributed by atoms with E-state index in [1.54, 1.807) is 48.5 Å². The van der Waals surface area contributed by atoms with Gasteiger partial charge in [-0.1, -0.05) is 48.5 Å². The highest BCUT2D eigenvalue weighted by Crippen LogP contribution is 2.23. The molecular weight excluding hydrogens is 524 g/mol. The zero-order valence-corrected chi connectivity index (χ0v) is 25.5. The van der Waals surface area contributed by atoms with Crippen LogP contribution in [0, 0.1) is 0 Å². The fraction of sp³-hybridized carbons (Fsp3) is 0.500. The molecule has 0 fully saturated rings. The SMILES string of the molecule is CCN(C(=O)CCc1cccc(-c2ccc(CC[C@H](NC(=O)OC(C)(C)C)C(=O)OC)cc2)c1)C(=O)OC(C)(C)C. The first-order valence-electron chi connectivity index (χ1n) is 13.9. The van der Waals surface area contributed by atoms with Crippen LogP contribution in [0.5, 0.6) is 0 Å². The molecule has 0 saturated heterocycles. The van der Waals surface area contributed by atoms with Gasteiger partial charge in [0.25, 0.3) is 0 Å². The first-order valence-corrected chi connectivity index (χ1v) is 13.9. The summed E-state index contributed by atoms with van der Waals surface area (Å²) in [6.45, 7) is 12.6. The molecule has 0 spiro atoms. The quantitative estimate of drug-likeness (QED) is 0.274. The van der Waals surface area contributed by atoms with Gasteiger partial charge in [-0.05, 0) is 90.0 Å². The van der Waals surface area contributed by atoms with Gasteiger partial charge < -0.3 is 19.5 Å². The number of alkyl carbamates (subject to hydrolysis) is 1. The first kappa shape index (κ1) is 33.3. The maximum Gasteiger partial charge on any atom is 0.417 e. The molecule has 0 aliphatic heterocycles.